The minimum Gasteiger partial charge on any atom is -0.379 e. The largest absolute Gasteiger partial charge is 0.379 e. The Bertz CT molecular complexity index is 340. The number of hydrogen-bond donors (Lipinski definition) is 1. The van der Waals surface area contributed by atoms with Crippen LogP contribution in [0.4, 0.5) is 0 Å². The van der Waals surface area contributed by atoms with Crippen molar-refractivity contribution < 1.29 is 9.53 Å². The number of carbonyl (C=O) groups excluding carboxylic acids is 1. The number of likely N-dealkylation sites (tertiary alicyclic amines) is 1. The van der Waals surface area contributed by atoms with Gasteiger partial charge in [-0.2, -0.15) is 0 Å². The van der Waals surface area contributed by atoms with Crippen molar-refractivity contribution in [2.45, 2.75) is 45.6 Å². The van der Waals surface area contributed by atoms with Gasteiger partial charge in [-0.05, 0) is 31.2 Å². The second kappa shape index (κ2) is 7.56. The van der Waals surface area contributed by atoms with Crippen molar-refractivity contribution in [3.8, 4) is 0 Å². The molecule has 2 fully saturated rings. The van der Waals surface area contributed by atoms with Crippen molar-refractivity contribution in [2.75, 3.05) is 45.9 Å². The summed E-state index contributed by atoms with van der Waals surface area (Å²) in [5.41, 5.74) is 5.81. The Balaban J connectivity index is 1.74. The maximum atomic E-state index is 12.4. The minimum atomic E-state index is 0.174. The number of nitrogens with zero attached hydrogens (tertiary/aromatic N) is 2. The lowest BCUT2D eigenvalue weighted by atomic mass is 9.84. The molecule has 0 saturated carbocycles. The van der Waals surface area contributed by atoms with Crippen LogP contribution in [0.5, 0.6) is 0 Å². The SMILES string of the molecule is CC(C)(CCN)CCC(=O)N1CCC(N2CCOCC2)C1. The standard InChI is InChI=1S/C16H31N3O2/c1-16(2,6-7-17)5-3-15(20)19-8-4-14(13-19)18-9-11-21-12-10-18/h14H,3-13,17H2,1-2H3. The molecule has 1 atom stereocenters. The lowest BCUT2D eigenvalue weighted by Crippen LogP contribution is -2.45. The summed E-state index contributed by atoms with van der Waals surface area (Å²) in [6.45, 7) is 10.6. The Labute approximate surface area is 128 Å². The van der Waals surface area contributed by atoms with Crippen LogP contribution in [0.1, 0.15) is 39.5 Å². The van der Waals surface area contributed by atoms with Crippen molar-refractivity contribution in [1.82, 2.24) is 9.80 Å². The molecule has 0 aromatic rings. The quantitative estimate of drug-likeness (QED) is 0.797. The molecule has 2 aliphatic rings. The highest BCUT2D eigenvalue weighted by Gasteiger charge is 2.31. The molecule has 122 valence electrons. The van der Waals surface area contributed by atoms with Gasteiger partial charge in [0.15, 0.2) is 0 Å². The van der Waals surface area contributed by atoms with Crippen LogP contribution < -0.4 is 5.73 Å². The zero-order chi connectivity index (χ0) is 15.3. The molecular formula is C16H31N3O2. The molecule has 21 heavy (non-hydrogen) atoms. The molecule has 2 saturated heterocycles. The summed E-state index contributed by atoms with van der Waals surface area (Å²) in [6, 6.07) is 0.537. The van der Waals surface area contributed by atoms with Crippen LogP contribution in [0, 0.1) is 5.41 Å². The first kappa shape index (κ1) is 16.7. The van der Waals surface area contributed by atoms with Gasteiger partial charge in [0, 0.05) is 38.6 Å². The number of ether oxygens (including phenoxy) is 1. The summed E-state index contributed by atoms with van der Waals surface area (Å²) in [6.07, 6.45) is 3.68. The average Bonchev–Trinajstić information content (AvgIpc) is 2.96. The Kier molecular flexibility index (Phi) is 6.02. The molecular weight excluding hydrogens is 266 g/mol. The fourth-order valence-corrected chi connectivity index (χ4v) is 3.33. The van der Waals surface area contributed by atoms with Gasteiger partial charge in [-0.25, -0.2) is 0 Å². The molecule has 0 spiro atoms. The summed E-state index contributed by atoms with van der Waals surface area (Å²) in [5, 5.41) is 0. The fourth-order valence-electron chi connectivity index (χ4n) is 3.33. The maximum Gasteiger partial charge on any atom is 0.222 e. The zero-order valence-electron chi connectivity index (χ0n) is 13.6. The molecule has 5 nitrogen and oxygen atoms in total. The van der Waals surface area contributed by atoms with E-state index in [9.17, 15) is 4.79 Å². The Hall–Kier alpha value is -0.650. The topological polar surface area (TPSA) is 58.8 Å². The number of carbonyl (C=O) groups is 1. The van der Waals surface area contributed by atoms with Gasteiger partial charge >= 0.3 is 0 Å². The van der Waals surface area contributed by atoms with E-state index >= 15 is 0 Å². The number of rotatable bonds is 6. The number of hydrogen-bond acceptors (Lipinski definition) is 4. The van der Waals surface area contributed by atoms with Crippen LogP contribution in [0.2, 0.25) is 0 Å². The molecule has 2 rings (SSSR count). The van der Waals surface area contributed by atoms with Crippen molar-refractivity contribution in [1.29, 1.82) is 0 Å². The van der Waals surface area contributed by atoms with E-state index in [-0.39, 0.29) is 5.41 Å². The van der Waals surface area contributed by atoms with Gasteiger partial charge < -0.3 is 15.4 Å². The predicted octanol–water partition coefficient (Wildman–Crippen LogP) is 1.07. The van der Waals surface area contributed by atoms with Gasteiger partial charge in [0.2, 0.25) is 5.91 Å². The number of nitrogens with two attached hydrogens (primary N) is 1. The zero-order valence-corrected chi connectivity index (χ0v) is 13.6. The van der Waals surface area contributed by atoms with Crippen LogP contribution >= 0.6 is 0 Å². The normalized spacial score (nSPS) is 24.5. The molecule has 0 aromatic carbocycles. The molecule has 0 aliphatic carbocycles. The first-order chi connectivity index (χ1) is 10.0. The second-order valence-corrected chi connectivity index (χ2v) is 7.13. The van der Waals surface area contributed by atoms with E-state index in [0.29, 0.717) is 24.9 Å². The van der Waals surface area contributed by atoms with E-state index in [1.54, 1.807) is 0 Å². The predicted molar refractivity (Wildman–Crippen MR) is 84.1 cm³/mol. The highest BCUT2D eigenvalue weighted by atomic mass is 16.5. The molecule has 0 bridgehead atoms. The highest BCUT2D eigenvalue weighted by Crippen LogP contribution is 2.27. The Morgan fingerprint density at radius 3 is 2.62 bits per heavy atom. The van der Waals surface area contributed by atoms with Crippen LogP contribution in [0.15, 0.2) is 0 Å². The van der Waals surface area contributed by atoms with E-state index in [0.717, 1.165) is 58.7 Å². The first-order valence-electron chi connectivity index (χ1n) is 8.31. The number of amides is 1. The number of morpholine rings is 1. The van der Waals surface area contributed by atoms with Crippen LogP contribution in [-0.2, 0) is 9.53 Å². The third kappa shape index (κ3) is 4.94. The van der Waals surface area contributed by atoms with Crippen molar-refractivity contribution in [3.63, 3.8) is 0 Å². The van der Waals surface area contributed by atoms with Crippen molar-refractivity contribution in [3.05, 3.63) is 0 Å². The molecule has 2 aliphatic heterocycles. The lowest BCUT2D eigenvalue weighted by Gasteiger charge is -2.32. The highest BCUT2D eigenvalue weighted by molar-refractivity contribution is 5.76. The molecule has 2 N–H and O–H groups in total. The molecule has 1 unspecified atom stereocenters. The molecule has 0 aromatic heterocycles. The fraction of sp³-hybridized carbons (Fsp3) is 0.938. The summed E-state index contributed by atoms with van der Waals surface area (Å²) in [4.78, 5) is 16.9. The third-order valence-corrected chi connectivity index (χ3v) is 4.91. The van der Waals surface area contributed by atoms with Gasteiger partial charge in [0.25, 0.3) is 0 Å². The summed E-state index contributed by atoms with van der Waals surface area (Å²) < 4.78 is 5.40. The Morgan fingerprint density at radius 1 is 1.24 bits per heavy atom. The average molecular weight is 297 g/mol. The summed E-state index contributed by atoms with van der Waals surface area (Å²) >= 11 is 0. The first-order valence-corrected chi connectivity index (χ1v) is 8.31. The van der Waals surface area contributed by atoms with E-state index in [2.05, 4.69) is 23.6 Å². The van der Waals surface area contributed by atoms with Gasteiger partial charge in [0.05, 0.1) is 13.2 Å². The van der Waals surface area contributed by atoms with Crippen LogP contribution in [0.3, 0.4) is 0 Å². The lowest BCUT2D eigenvalue weighted by molar-refractivity contribution is -0.131. The molecule has 0 radical (unpaired) electrons. The third-order valence-electron chi connectivity index (χ3n) is 4.91. The van der Waals surface area contributed by atoms with Gasteiger partial charge in [0.1, 0.15) is 0 Å². The van der Waals surface area contributed by atoms with Crippen LogP contribution in [-0.4, -0.2) is 67.7 Å². The molecule has 2 heterocycles. The van der Waals surface area contributed by atoms with Crippen molar-refractivity contribution in [2.24, 2.45) is 11.1 Å². The maximum absolute atomic E-state index is 12.4. The minimum absolute atomic E-state index is 0.174. The van der Waals surface area contributed by atoms with Gasteiger partial charge in [-0.3, -0.25) is 9.69 Å². The van der Waals surface area contributed by atoms with Crippen molar-refractivity contribution >= 4 is 5.91 Å². The van der Waals surface area contributed by atoms with E-state index in [1.165, 1.54) is 0 Å². The Morgan fingerprint density at radius 2 is 1.95 bits per heavy atom. The second-order valence-electron chi connectivity index (χ2n) is 7.13. The van der Waals surface area contributed by atoms with E-state index < -0.39 is 0 Å². The van der Waals surface area contributed by atoms with Gasteiger partial charge in [-0.15, -0.1) is 0 Å². The van der Waals surface area contributed by atoms with Gasteiger partial charge in [-0.1, -0.05) is 13.8 Å². The summed E-state index contributed by atoms with van der Waals surface area (Å²) in [7, 11) is 0. The van der Waals surface area contributed by atoms with Crippen LogP contribution in [0.25, 0.3) is 0 Å². The monoisotopic (exact) mass is 297 g/mol. The molecule has 5 heteroatoms. The van der Waals surface area contributed by atoms with E-state index in [4.69, 9.17) is 10.5 Å². The molecule has 1 amide bonds. The van der Waals surface area contributed by atoms with E-state index in [1.807, 2.05) is 0 Å². The smallest absolute Gasteiger partial charge is 0.222 e. The summed E-state index contributed by atoms with van der Waals surface area (Å²) in [5.74, 6) is 0.316.